The third-order valence-corrected chi connectivity index (χ3v) is 2.48. The topological polar surface area (TPSA) is 46.9 Å². The summed E-state index contributed by atoms with van der Waals surface area (Å²) in [6.45, 7) is 4.00. The van der Waals surface area contributed by atoms with Crippen LogP contribution in [-0.2, 0) is 18.3 Å². The Bertz CT molecular complexity index is 502. The quantitative estimate of drug-likeness (QED) is 0.861. The van der Waals surface area contributed by atoms with Gasteiger partial charge in [0.2, 0.25) is 5.91 Å². The molecule has 0 aliphatic rings. The minimum Gasteiger partial charge on any atom is -0.359 e. The molecule has 0 spiro atoms. The predicted molar refractivity (Wildman–Crippen MR) is 69.8 cm³/mol. The van der Waals surface area contributed by atoms with Crippen molar-refractivity contribution in [3.05, 3.63) is 30.1 Å². The zero-order valence-electron chi connectivity index (χ0n) is 10.8. The van der Waals surface area contributed by atoms with Crippen molar-refractivity contribution >= 4 is 16.9 Å². The van der Waals surface area contributed by atoms with Crippen LogP contribution in [0.1, 0.15) is 19.7 Å². The molecule has 4 heteroatoms. The summed E-state index contributed by atoms with van der Waals surface area (Å²) in [4.78, 5) is 15.6. The van der Waals surface area contributed by atoms with E-state index in [1.807, 2.05) is 49.7 Å². The van der Waals surface area contributed by atoms with E-state index in [2.05, 4.69) is 10.3 Å². The Hall–Kier alpha value is -1.84. The van der Waals surface area contributed by atoms with Crippen molar-refractivity contribution in [3.8, 4) is 0 Å². The lowest BCUT2D eigenvalue weighted by Gasteiger charge is -2.00. The van der Waals surface area contributed by atoms with Gasteiger partial charge in [0.15, 0.2) is 0 Å². The minimum absolute atomic E-state index is 0.0200. The molecule has 0 saturated heterocycles. The second-order valence-electron chi connectivity index (χ2n) is 3.43. The fourth-order valence-corrected chi connectivity index (χ4v) is 1.59. The summed E-state index contributed by atoms with van der Waals surface area (Å²) >= 11 is 0. The number of nitrogens with zero attached hydrogens (tertiary/aromatic N) is 2. The molecule has 0 aliphatic heterocycles. The first-order valence-electron chi connectivity index (χ1n) is 5.83. The van der Waals surface area contributed by atoms with E-state index in [1.165, 1.54) is 0 Å². The van der Waals surface area contributed by atoms with E-state index in [1.54, 1.807) is 7.05 Å². The molecular formula is C13H19N3O. The van der Waals surface area contributed by atoms with Crippen LogP contribution >= 0.6 is 0 Å². The molecule has 0 unspecified atom stereocenters. The zero-order chi connectivity index (χ0) is 12.8. The highest BCUT2D eigenvalue weighted by molar-refractivity contribution is 5.80. The summed E-state index contributed by atoms with van der Waals surface area (Å²) in [7, 11) is 3.55. The van der Waals surface area contributed by atoms with Gasteiger partial charge in [-0.3, -0.25) is 4.79 Å². The molecule has 1 heterocycles. The monoisotopic (exact) mass is 233 g/mol. The molecule has 92 valence electrons. The Morgan fingerprint density at radius 3 is 2.59 bits per heavy atom. The Kier molecular flexibility index (Phi) is 4.69. The van der Waals surface area contributed by atoms with Gasteiger partial charge in [0, 0.05) is 14.1 Å². The molecule has 0 atom stereocenters. The van der Waals surface area contributed by atoms with Crippen LogP contribution in [0.3, 0.4) is 0 Å². The molecule has 2 rings (SSSR count). The molecule has 0 bridgehead atoms. The molecule has 17 heavy (non-hydrogen) atoms. The number of carbonyl (C=O) groups is 1. The van der Waals surface area contributed by atoms with Crippen LogP contribution in [0.25, 0.3) is 11.0 Å². The summed E-state index contributed by atoms with van der Waals surface area (Å²) in [5, 5.41) is 2.59. The number of aromatic nitrogens is 2. The van der Waals surface area contributed by atoms with E-state index in [0.29, 0.717) is 6.42 Å². The largest absolute Gasteiger partial charge is 0.359 e. The lowest BCUT2D eigenvalue weighted by molar-refractivity contribution is -0.120. The summed E-state index contributed by atoms with van der Waals surface area (Å²) in [5.41, 5.74) is 1.98. The average molecular weight is 233 g/mol. The lowest BCUT2D eigenvalue weighted by atomic mass is 10.3. The smallest absolute Gasteiger partial charge is 0.227 e. The number of para-hydroxylation sites is 2. The molecule has 1 amide bonds. The Labute approximate surface area is 102 Å². The fourth-order valence-electron chi connectivity index (χ4n) is 1.59. The van der Waals surface area contributed by atoms with Gasteiger partial charge in [-0.15, -0.1) is 0 Å². The number of amides is 1. The number of hydrogen-bond donors (Lipinski definition) is 1. The Morgan fingerprint density at radius 2 is 2.00 bits per heavy atom. The number of benzene rings is 1. The zero-order valence-corrected chi connectivity index (χ0v) is 10.8. The number of carbonyl (C=O) groups excluding carboxylic acids is 1. The summed E-state index contributed by atoms with van der Waals surface area (Å²) in [5.74, 6) is 0.768. The van der Waals surface area contributed by atoms with E-state index in [-0.39, 0.29) is 5.91 Å². The maximum absolute atomic E-state index is 11.2. The van der Waals surface area contributed by atoms with E-state index in [9.17, 15) is 4.79 Å². The number of imidazole rings is 1. The molecule has 4 nitrogen and oxygen atoms in total. The van der Waals surface area contributed by atoms with Crippen molar-refractivity contribution in [2.24, 2.45) is 7.05 Å². The van der Waals surface area contributed by atoms with Gasteiger partial charge in [-0.25, -0.2) is 4.98 Å². The van der Waals surface area contributed by atoms with Crippen LogP contribution < -0.4 is 5.32 Å². The van der Waals surface area contributed by atoms with E-state index >= 15 is 0 Å². The van der Waals surface area contributed by atoms with Gasteiger partial charge < -0.3 is 9.88 Å². The van der Waals surface area contributed by atoms with Gasteiger partial charge in [-0.1, -0.05) is 26.0 Å². The normalized spacial score (nSPS) is 9.65. The van der Waals surface area contributed by atoms with E-state index in [4.69, 9.17) is 0 Å². The van der Waals surface area contributed by atoms with Crippen molar-refractivity contribution in [2.45, 2.75) is 20.3 Å². The summed E-state index contributed by atoms with van der Waals surface area (Å²) in [6.07, 6.45) is 0.321. The Balaban J connectivity index is 0.000000686. The number of hydrogen-bond acceptors (Lipinski definition) is 2. The van der Waals surface area contributed by atoms with Gasteiger partial charge in [-0.05, 0) is 12.1 Å². The lowest BCUT2D eigenvalue weighted by Crippen LogP contribution is -2.21. The van der Waals surface area contributed by atoms with Gasteiger partial charge in [0.1, 0.15) is 5.82 Å². The summed E-state index contributed by atoms with van der Waals surface area (Å²) in [6, 6.07) is 7.85. The average Bonchev–Trinajstić information content (AvgIpc) is 2.69. The molecule has 2 aromatic rings. The van der Waals surface area contributed by atoms with Crippen molar-refractivity contribution in [2.75, 3.05) is 7.05 Å². The van der Waals surface area contributed by atoms with E-state index < -0.39 is 0 Å². The maximum Gasteiger partial charge on any atom is 0.227 e. The first-order chi connectivity index (χ1) is 8.22. The molecule has 1 aromatic carbocycles. The SMILES string of the molecule is CC.CNC(=O)Cc1nc2ccccc2n1C. The van der Waals surface area contributed by atoms with Crippen molar-refractivity contribution < 1.29 is 4.79 Å². The van der Waals surface area contributed by atoms with Crippen LogP contribution in [0.4, 0.5) is 0 Å². The van der Waals surface area contributed by atoms with Crippen LogP contribution in [0, 0.1) is 0 Å². The first kappa shape index (κ1) is 13.2. The van der Waals surface area contributed by atoms with Gasteiger partial charge in [-0.2, -0.15) is 0 Å². The number of likely N-dealkylation sites (N-methyl/N-ethyl adjacent to an activating group) is 1. The molecular weight excluding hydrogens is 214 g/mol. The predicted octanol–water partition coefficient (Wildman–Crippen LogP) is 1.89. The van der Waals surface area contributed by atoms with Gasteiger partial charge in [0.25, 0.3) is 0 Å². The molecule has 0 fully saturated rings. The van der Waals surface area contributed by atoms with Crippen LogP contribution in [0.5, 0.6) is 0 Å². The third kappa shape index (κ3) is 2.84. The molecule has 1 aromatic heterocycles. The summed E-state index contributed by atoms with van der Waals surface area (Å²) < 4.78 is 1.95. The fraction of sp³-hybridized carbons (Fsp3) is 0.385. The number of nitrogens with one attached hydrogen (secondary N) is 1. The number of rotatable bonds is 2. The number of fused-ring (bicyclic) bond motifs is 1. The highest BCUT2D eigenvalue weighted by atomic mass is 16.1. The standard InChI is InChI=1S/C11H13N3O.C2H6/c1-12-11(15)7-10-13-8-5-3-4-6-9(8)14(10)2;1-2/h3-6H,7H2,1-2H3,(H,12,15);1-2H3. The minimum atomic E-state index is -0.0200. The van der Waals surface area contributed by atoms with Crippen molar-refractivity contribution in [1.82, 2.24) is 14.9 Å². The van der Waals surface area contributed by atoms with Gasteiger partial charge >= 0.3 is 0 Å². The van der Waals surface area contributed by atoms with Crippen LogP contribution in [0.2, 0.25) is 0 Å². The highest BCUT2D eigenvalue weighted by Crippen LogP contribution is 2.14. The molecule has 1 N–H and O–H groups in total. The van der Waals surface area contributed by atoms with Crippen molar-refractivity contribution in [1.29, 1.82) is 0 Å². The third-order valence-electron chi connectivity index (χ3n) is 2.48. The highest BCUT2D eigenvalue weighted by Gasteiger charge is 2.09. The van der Waals surface area contributed by atoms with Crippen molar-refractivity contribution in [3.63, 3.8) is 0 Å². The molecule has 0 saturated carbocycles. The second kappa shape index (κ2) is 6.03. The second-order valence-corrected chi connectivity index (χ2v) is 3.43. The number of aryl methyl sites for hydroxylation is 1. The Morgan fingerprint density at radius 1 is 1.35 bits per heavy atom. The molecule has 0 aliphatic carbocycles. The van der Waals surface area contributed by atoms with Gasteiger partial charge in [0.05, 0.1) is 17.5 Å². The maximum atomic E-state index is 11.2. The van der Waals surface area contributed by atoms with Crippen LogP contribution in [0.15, 0.2) is 24.3 Å². The first-order valence-corrected chi connectivity index (χ1v) is 5.83. The van der Waals surface area contributed by atoms with E-state index in [0.717, 1.165) is 16.9 Å². The van der Waals surface area contributed by atoms with Crippen LogP contribution in [-0.4, -0.2) is 22.5 Å². The molecule has 0 radical (unpaired) electrons.